The zero-order valence-electron chi connectivity index (χ0n) is 30.1. The summed E-state index contributed by atoms with van der Waals surface area (Å²) < 4.78 is 0. The number of hydrogen-bond acceptors (Lipinski definition) is 3. The molecule has 2 aromatic rings. The Balaban J connectivity index is 0.822. The van der Waals surface area contributed by atoms with Crippen LogP contribution in [-0.4, -0.2) is 16.5 Å². The Labute approximate surface area is 312 Å². The van der Waals surface area contributed by atoms with Gasteiger partial charge in [0.15, 0.2) is 0 Å². The molecule has 0 radical (unpaired) electrons. The SMILES string of the molecule is N#Cc1ccc(C2CCC(CC(Cl)C3CCC(CC(=O)CC4CCC(C(Cl)CC5CCC(c6ccc(C#N)cc6)CC5)CC4)CC3)CC2)cc1. The van der Waals surface area contributed by atoms with Crippen molar-refractivity contribution in [1.29, 1.82) is 10.5 Å². The van der Waals surface area contributed by atoms with E-state index in [0.29, 0.717) is 41.3 Å². The number of rotatable bonds is 12. The van der Waals surface area contributed by atoms with E-state index >= 15 is 0 Å². The summed E-state index contributed by atoms with van der Waals surface area (Å²) >= 11 is 14.1. The van der Waals surface area contributed by atoms with Crippen molar-refractivity contribution in [1.82, 2.24) is 0 Å². The highest BCUT2D eigenvalue weighted by molar-refractivity contribution is 6.21. The first kappa shape index (κ1) is 37.4. The highest BCUT2D eigenvalue weighted by atomic mass is 35.5. The van der Waals surface area contributed by atoms with Crippen molar-refractivity contribution in [2.24, 2.45) is 35.5 Å². The van der Waals surface area contributed by atoms with Gasteiger partial charge in [0.1, 0.15) is 5.78 Å². The number of nitriles is 2. The minimum Gasteiger partial charge on any atom is -0.300 e. The van der Waals surface area contributed by atoms with Gasteiger partial charge in [0.25, 0.3) is 0 Å². The van der Waals surface area contributed by atoms with Gasteiger partial charge in [-0.05, 0) is 198 Å². The largest absolute Gasteiger partial charge is 0.300 e. The lowest BCUT2D eigenvalue weighted by atomic mass is 9.72. The molecule has 0 heterocycles. The highest BCUT2D eigenvalue weighted by Gasteiger charge is 2.33. The molecule has 4 fully saturated rings. The number of Topliss-reactive ketones (excluding diaryl/α,β-unsaturated/α-hetero) is 1. The van der Waals surface area contributed by atoms with Gasteiger partial charge in [0.2, 0.25) is 0 Å². The standard InChI is InChI=1S/C45H58Cl2N2O/c46-44(27-33-1-13-37(14-2-33)39-17-9-35(29-48)10-18-39)41-21-5-31(6-22-41)25-43(50)26-32-7-23-42(24-8-32)45(47)28-34-3-15-38(16-4-34)40-19-11-36(30-49)12-20-40/h9-12,17-20,31-34,37-38,41-42,44-45H,1-8,13-16,21-28H2. The van der Waals surface area contributed by atoms with Crippen molar-refractivity contribution in [3.8, 4) is 12.1 Å². The van der Waals surface area contributed by atoms with Crippen molar-refractivity contribution < 1.29 is 4.79 Å². The van der Waals surface area contributed by atoms with Crippen LogP contribution in [-0.2, 0) is 4.79 Å². The van der Waals surface area contributed by atoms with E-state index < -0.39 is 0 Å². The molecule has 0 spiro atoms. The molecule has 6 rings (SSSR count). The van der Waals surface area contributed by atoms with Gasteiger partial charge in [-0.25, -0.2) is 0 Å². The molecule has 0 aliphatic heterocycles. The number of nitrogens with zero attached hydrogens (tertiary/aromatic N) is 2. The Kier molecular flexibility index (Phi) is 13.8. The zero-order valence-corrected chi connectivity index (χ0v) is 31.6. The highest BCUT2D eigenvalue weighted by Crippen LogP contribution is 2.44. The van der Waals surface area contributed by atoms with Crippen LogP contribution in [0.15, 0.2) is 48.5 Å². The molecule has 0 aromatic heterocycles. The van der Waals surface area contributed by atoms with Crippen LogP contribution in [0, 0.1) is 58.2 Å². The van der Waals surface area contributed by atoms with E-state index in [2.05, 4.69) is 36.4 Å². The minimum absolute atomic E-state index is 0.271. The van der Waals surface area contributed by atoms with Crippen molar-refractivity contribution in [2.75, 3.05) is 0 Å². The Morgan fingerprint density at radius 1 is 0.520 bits per heavy atom. The summed E-state index contributed by atoms with van der Waals surface area (Å²) in [6.07, 6.45) is 23.2. The number of ketones is 1. The monoisotopic (exact) mass is 712 g/mol. The van der Waals surface area contributed by atoms with Crippen LogP contribution in [0.5, 0.6) is 0 Å². The lowest BCUT2D eigenvalue weighted by molar-refractivity contribution is -0.121. The summed E-state index contributed by atoms with van der Waals surface area (Å²) in [6, 6.07) is 20.9. The van der Waals surface area contributed by atoms with Gasteiger partial charge in [-0.3, -0.25) is 4.79 Å². The first-order chi connectivity index (χ1) is 24.4. The topological polar surface area (TPSA) is 64.7 Å². The Morgan fingerprint density at radius 3 is 1.16 bits per heavy atom. The third-order valence-corrected chi connectivity index (χ3v) is 14.7. The fraction of sp³-hybridized carbons (Fsp3) is 0.667. The molecule has 0 amide bonds. The van der Waals surface area contributed by atoms with Crippen LogP contribution in [0.1, 0.15) is 163 Å². The van der Waals surface area contributed by atoms with Crippen LogP contribution in [0.2, 0.25) is 0 Å². The van der Waals surface area contributed by atoms with Gasteiger partial charge in [-0.1, -0.05) is 24.3 Å². The van der Waals surface area contributed by atoms with E-state index in [4.69, 9.17) is 33.7 Å². The fourth-order valence-corrected chi connectivity index (χ4v) is 11.4. The maximum absolute atomic E-state index is 13.2. The van der Waals surface area contributed by atoms with Gasteiger partial charge in [-0.2, -0.15) is 10.5 Å². The molecule has 4 aliphatic carbocycles. The second kappa shape index (κ2) is 18.4. The van der Waals surface area contributed by atoms with Crippen LogP contribution in [0.3, 0.4) is 0 Å². The lowest BCUT2D eigenvalue weighted by Crippen LogP contribution is -2.27. The van der Waals surface area contributed by atoms with E-state index in [1.54, 1.807) is 0 Å². The first-order valence-electron chi connectivity index (χ1n) is 20.2. The van der Waals surface area contributed by atoms with Gasteiger partial charge in [-0.15, -0.1) is 23.2 Å². The second-order valence-corrected chi connectivity index (χ2v) is 18.0. The maximum Gasteiger partial charge on any atom is 0.133 e. The molecule has 0 bridgehead atoms. The first-order valence-corrected chi connectivity index (χ1v) is 21.0. The predicted octanol–water partition coefficient (Wildman–Crippen LogP) is 12.6. The summed E-state index contributed by atoms with van der Waals surface area (Å²) in [6.45, 7) is 0. The van der Waals surface area contributed by atoms with E-state index in [1.807, 2.05) is 24.3 Å². The predicted molar refractivity (Wildman–Crippen MR) is 205 cm³/mol. The number of hydrogen-bond donors (Lipinski definition) is 0. The van der Waals surface area contributed by atoms with Crippen molar-refractivity contribution >= 4 is 29.0 Å². The van der Waals surface area contributed by atoms with Gasteiger partial charge < -0.3 is 0 Å². The Bertz CT molecular complexity index is 1320. The van der Waals surface area contributed by atoms with Crippen molar-refractivity contribution in [3.05, 3.63) is 70.8 Å². The van der Waals surface area contributed by atoms with E-state index in [1.165, 1.54) is 114 Å². The van der Waals surface area contributed by atoms with Crippen LogP contribution in [0.25, 0.3) is 0 Å². The lowest BCUT2D eigenvalue weighted by Gasteiger charge is -2.35. The Hall–Kier alpha value is -2.33. The molecule has 4 saturated carbocycles. The number of halogens is 2. The summed E-state index contributed by atoms with van der Waals surface area (Å²) in [7, 11) is 0. The quantitative estimate of drug-likeness (QED) is 0.206. The zero-order chi connectivity index (χ0) is 34.9. The second-order valence-electron chi connectivity index (χ2n) is 16.9. The van der Waals surface area contributed by atoms with Gasteiger partial charge in [0.05, 0.1) is 23.3 Å². The molecule has 0 saturated heterocycles. The average molecular weight is 714 g/mol. The molecule has 2 atom stereocenters. The van der Waals surface area contributed by atoms with Crippen LogP contribution >= 0.6 is 23.2 Å². The third-order valence-electron chi connectivity index (χ3n) is 13.7. The Morgan fingerprint density at radius 2 is 0.840 bits per heavy atom. The molecule has 2 unspecified atom stereocenters. The van der Waals surface area contributed by atoms with E-state index in [0.717, 1.165) is 48.6 Å². The molecule has 0 N–H and O–H groups in total. The fourth-order valence-electron chi connectivity index (χ4n) is 10.4. The average Bonchev–Trinajstić information content (AvgIpc) is 3.16. The number of alkyl halides is 2. The molecule has 5 heteroatoms. The molecular formula is C45H58Cl2N2O. The summed E-state index contributed by atoms with van der Waals surface area (Å²) in [5.41, 5.74) is 4.26. The van der Waals surface area contributed by atoms with Gasteiger partial charge >= 0.3 is 0 Å². The molecule has 3 nitrogen and oxygen atoms in total. The smallest absolute Gasteiger partial charge is 0.133 e. The maximum atomic E-state index is 13.2. The van der Waals surface area contributed by atoms with Crippen LogP contribution < -0.4 is 0 Å². The number of carbonyl (C=O) groups excluding carboxylic acids is 1. The molecule has 50 heavy (non-hydrogen) atoms. The molecule has 2 aromatic carbocycles. The van der Waals surface area contributed by atoms with Crippen LogP contribution in [0.4, 0.5) is 0 Å². The summed E-state index contributed by atoms with van der Waals surface area (Å²) in [5, 5.41) is 18.7. The molecular weight excluding hydrogens is 655 g/mol. The normalized spacial score (nSPS) is 31.5. The molecule has 268 valence electrons. The minimum atomic E-state index is 0.271. The summed E-state index contributed by atoms with van der Waals surface area (Å²) in [4.78, 5) is 13.2. The van der Waals surface area contributed by atoms with Crippen molar-refractivity contribution in [2.45, 2.75) is 151 Å². The van der Waals surface area contributed by atoms with E-state index in [9.17, 15) is 4.79 Å². The number of carbonyl (C=O) groups is 1. The van der Waals surface area contributed by atoms with E-state index in [-0.39, 0.29) is 10.8 Å². The number of benzene rings is 2. The summed E-state index contributed by atoms with van der Waals surface area (Å²) in [5.74, 6) is 5.54. The van der Waals surface area contributed by atoms with Crippen molar-refractivity contribution in [3.63, 3.8) is 0 Å². The third kappa shape index (κ3) is 10.4. The van der Waals surface area contributed by atoms with Gasteiger partial charge in [0, 0.05) is 23.6 Å². The molecule has 4 aliphatic rings.